The molecule has 1 saturated heterocycles. The second-order valence-electron chi connectivity index (χ2n) is 5.08. The summed E-state index contributed by atoms with van der Waals surface area (Å²) in [5.74, 6) is -1.000. The molecule has 3 rings (SSSR count). The quantitative estimate of drug-likeness (QED) is 0.931. The van der Waals surface area contributed by atoms with Gasteiger partial charge in [-0.25, -0.2) is 4.79 Å². The molecule has 0 bridgehead atoms. The standard InChI is InChI=1S/C15H17N3O2/c1-17-14(10-13(16-17)15(19)20)11-4-6-12(7-5-11)18-8-2-3-9-18/h4-7,10H,2-3,8-9H2,1H3,(H,19,20). The predicted molar refractivity (Wildman–Crippen MR) is 77.1 cm³/mol. The molecule has 0 aliphatic carbocycles. The molecule has 0 spiro atoms. The number of aryl methyl sites for hydroxylation is 1. The van der Waals surface area contributed by atoms with Crippen LogP contribution >= 0.6 is 0 Å². The maximum Gasteiger partial charge on any atom is 0.356 e. The maximum absolute atomic E-state index is 10.9. The van der Waals surface area contributed by atoms with E-state index in [1.54, 1.807) is 17.8 Å². The number of aromatic carboxylic acids is 1. The fourth-order valence-corrected chi connectivity index (χ4v) is 2.66. The zero-order valence-electron chi connectivity index (χ0n) is 11.4. The molecule has 0 unspecified atom stereocenters. The zero-order chi connectivity index (χ0) is 14.1. The van der Waals surface area contributed by atoms with E-state index in [1.165, 1.54) is 18.5 Å². The third kappa shape index (κ3) is 2.27. The summed E-state index contributed by atoms with van der Waals surface area (Å²) in [7, 11) is 1.76. The molecule has 1 fully saturated rings. The molecule has 20 heavy (non-hydrogen) atoms. The summed E-state index contributed by atoms with van der Waals surface area (Å²) < 4.78 is 1.61. The Balaban J connectivity index is 1.88. The van der Waals surface area contributed by atoms with Crippen LogP contribution in [0.3, 0.4) is 0 Å². The Morgan fingerprint density at radius 1 is 1.20 bits per heavy atom. The average Bonchev–Trinajstić information content (AvgIpc) is 3.08. The third-order valence-corrected chi connectivity index (χ3v) is 3.73. The van der Waals surface area contributed by atoms with Gasteiger partial charge in [-0.1, -0.05) is 12.1 Å². The second-order valence-corrected chi connectivity index (χ2v) is 5.08. The van der Waals surface area contributed by atoms with E-state index in [9.17, 15) is 4.79 Å². The summed E-state index contributed by atoms with van der Waals surface area (Å²) in [5.41, 5.74) is 3.10. The van der Waals surface area contributed by atoms with Gasteiger partial charge in [-0.3, -0.25) is 4.68 Å². The SMILES string of the molecule is Cn1nc(C(=O)O)cc1-c1ccc(N2CCCC2)cc1. The molecule has 0 atom stereocenters. The van der Waals surface area contributed by atoms with Crippen LogP contribution in [0.15, 0.2) is 30.3 Å². The van der Waals surface area contributed by atoms with Crippen molar-refractivity contribution in [3.63, 3.8) is 0 Å². The number of carboxylic acids is 1. The van der Waals surface area contributed by atoms with Gasteiger partial charge < -0.3 is 10.0 Å². The average molecular weight is 271 g/mol. The number of carboxylic acid groups (broad SMARTS) is 1. The Hall–Kier alpha value is -2.30. The number of nitrogens with zero attached hydrogens (tertiary/aromatic N) is 3. The summed E-state index contributed by atoms with van der Waals surface area (Å²) in [5, 5.41) is 13.0. The first-order chi connectivity index (χ1) is 9.65. The highest BCUT2D eigenvalue weighted by molar-refractivity contribution is 5.87. The van der Waals surface area contributed by atoms with E-state index in [2.05, 4.69) is 22.1 Å². The summed E-state index contributed by atoms with van der Waals surface area (Å²) in [6, 6.07) is 9.84. The minimum Gasteiger partial charge on any atom is -0.476 e. The first-order valence-electron chi connectivity index (χ1n) is 6.78. The van der Waals surface area contributed by atoms with E-state index in [1.807, 2.05) is 12.1 Å². The Morgan fingerprint density at radius 2 is 1.85 bits per heavy atom. The van der Waals surface area contributed by atoms with Crippen LogP contribution in [0.4, 0.5) is 5.69 Å². The topological polar surface area (TPSA) is 58.4 Å². The smallest absolute Gasteiger partial charge is 0.356 e. The van der Waals surface area contributed by atoms with Crippen LogP contribution in [-0.4, -0.2) is 33.9 Å². The minimum absolute atomic E-state index is 0.0751. The molecule has 0 amide bonds. The molecule has 2 aromatic rings. The lowest BCUT2D eigenvalue weighted by atomic mass is 10.1. The van der Waals surface area contributed by atoms with Gasteiger partial charge in [0, 0.05) is 25.8 Å². The highest BCUT2D eigenvalue weighted by Crippen LogP contribution is 2.25. The van der Waals surface area contributed by atoms with Crippen LogP contribution in [-0.2, 0) is 7.05 Å². The zero-order valence-corrected chi connectivity index (χ0v) is 11.4. The van der Waals surface area contributed by atoms with E-state index >= 15 is 0 Å². The van der Waals surface area contributed by atoms with Crippen molar-refractivity contribution in [2.24, 2.45) is 7.05 Å². The van der Waals surface area contributed by atoms with E-state index in [4.69, 9.17) is 5.11 Å². The number of hydrogen-bond acceptors (Lipinski definition) is 3. The number of benzene rings is 1. The van der Waals surface area contributed by atoms with Gasteiger partial charge in [-0.15, -0.1) is 0 Å². The van der Waals surface area contributed by atoms with E-state index in [0.29, 0.717) is 0 Å². The molecule has 0 radical (unpaired) electrons. The van der Waals surface area contributed by atoms with E-state index in [-0.39, 0.29) is 5.69 Å². The summed E-state index contributed by atoms with van der Waals surface area (Å²) in [4.78, 5) is 13.3. The van der Waals surface area contributed by atoms with Crippen molar-refractivity contribution in [2.75, 3.05) is 18.0 Å². The number of hydrogen-bond donors (Lipinski definition) is 1. The molecule has 1 aromatic heterocycles. The van der Waals surface area contributed by atoms with Crippen LogP contribution in [0.2, 0.25) is 0 Å². The van der Waals surface area contributed by atoms with Crippen molar-refractivity contribution in [2.45, 2.75) is 12.8 Å². The largest absolute Gasteiger partial charge is 0.476 e. The van der Waals surface area contributed by atoms with Crippen molar-refractivity contribution >= 4 is 11.7 Å². The van der Waals surface area contributed by atoms with Crippen molar-refractivity contribution in [1.82, 2.24) is 9.78 Å². The molecule has 1 N–H and O–H groups in total. The van der Waals surface area contributed by atoms with Crippen molar-refractivity contribution in [3.05, 3.63) is 36.0 Å². The van der Waals surface area contributed by atoms with Crippen LogP contribution in [0.25, 0.3) is 11.3 Å². The number of carbonyl (C=O) groups is 1. The minimum atomic E-state index is -1.000. The Morgan fingerprint density at radius 3 is 2.40 bits per heavy atom. The third-order valence-electron chi connectivity index (χ3n) is 3.73. The Bertz CT molecular complexity index is 625. The summed E-state index contributed by atoms with van der Waals surface area (Å²) >= 11 is 0. The fourth-order valence-electron chi connectivity index (χ4n) is 2.66. The molecule has 2 heterocycles. The predicted octanol–water partition coefficient (Wildman–Crippen LogP) is 2.39. The first kappa shape index (κ1) is 12.7. The van der Waals surface area contributed by atoms with Gasteiger partial charge in [-0.2, -0.15) is 5.10 Å². The molecular weight excluding hydrogens is 254 g/mol. The maximum atomic E-state index is 10.9. The van der Waals surface area contributed by atoms with Gasteiger partial charge in [-0.05, 0) is 36.6 Å². The summed E-state index contributed by atoms with van der Waals surface area (Å²) in [6.45, 7) is 2.24. The van der Waals surface area contributed by atoms with Crippen molar-refractivity contribution in [3.8, 4) is 11.3 Å². The van der Waals surface area contributed by atoms with E-state index < -0.39 is 5.97 Å². The van der Waals surface area contributed by atoms with Gasteiger partial charge in [0.15, 0.2) is 5.69 Å². The number of aromatic nitrogens is 2. The van der Waals surface area contributed by atoms with Gasteiger partial charge >= 0.3 is 5.97 Å². The molecule has 1 aliphatic rings. The first-order valence-corrected chi connectivity index (χ1v) is 6.78. The fraction of sp³-hybridized carbons (Fsp3) is 0.333. The van der Waals surface area contributed by atoms with Gasteiger partial charge in [0.25, 0.3) is 0 Å². The van der Waals surface area contributed by atoms with Gasteiger partial charge in [0.2, 0.25) is 0 Å². The van der Waals surface area contributed by atoms with Crippen LogP contribution in [0.1, 0.15) is 23.3 Å². The number of anilines is 1. The molecule has 5 nitrogen and oxygen atoms in total. The van der Waals surface area contributed by atoms with Crippen LogP contribution < -0.4 is 4.90 Å². The molecule has 0 saturated carbocycles. The van der Waals surface area contributed by atoms with Crippen LogP contribution in [0, 0.1) is 0 Å². The highest BCUT2D eigenvalue weighted by Gasteiger charge is 2.14. The second kappa shape index (κ2) is 5.00. The Kier molecular flexibility index (Phi) is 3.18. The molecule has 5 heteroatoms. The molecular formula is C15H17N3O2. The lowest BCUT2D eigenvalue weighted by Crippen LogP contribution is -2.17. The van der Waals surface area contributed by atoms with Crippen LogP contribution in [0.5, 0.6) is 0 Å². The van der Waals surface area contributed by atoms with Crippen molar-refractivity contribution in [1.29, 1.82) is 0 Å². The van der Waals surface area contributed by atoms with Gasteiger partial charge in [0.1, 0.15) is 0 Å². The lowest BCUT2D eigenvalue weighted by Gasteiger charge is -2.17. The molecule has 1 aliphatic heterocycles. The lowest BCUT2D eigenvalue weighted by molar-refractivity contribution is 0.0689. The Labute approximate surface area is 117 Å². The summed E-state index contributed by atoms with van der Waals surface area (Å²) in [6.07, 6.45) is 2.51. The highest BCUT2D eigenvalue weighted by atomic mass is 16.4. The van der Waals surface area contributed by atoms with Crippen molar-refractivity contribution < 1.29 is 9.90 Å². The molecule has 104 valence electrons. The molecule has 1 aromatic carbocycles. The number of rotatable bonds is 3. The normalized spacial score (nSPS) is 14.8. The monoisotopic (exact) mass is 271 g/mol. The van der Waals surface area contributed by atoms with E-state index in [0.717, 1.165) is 24.3 Å². The van der Waals surface area contributed by atoms with Gasteiger partial charge in [0.05, 0.1) is 5.69 Å².